The highest BCUT2D eigenvalue weighted by Crippen LogP contribution is 2.35. The third-order valence-corrected chi connectivity index (χ3v) is 3.72. The van der Waals surface area contributed by atoms with Crippen LogP contribution >= 0.6 is 0 Å². The van der Waals surface area contributed by atoms with Gasteiger partial charge in [0.1, 0.15) is 11.5 Å². The summed E-state index contributed by atoms with van der Waals surface area (Å²) in [6, 6.07) is 3.32. The maximum atomic E-state index is 11.5. The Balaban J connectivity index is 3.22. The molecule has 1 aromatic carbocycles. The van der Waals surface area contributed by atoms with Crippen molar-refractivity contribution in [3.63, 3.8) is 0 Å². The minimum absolute atomic E-state index is 0.0151. The number of benzene rings is 1. The Bertz CT molecular complexity index is 496. The van der Waals surface area contributed by atoms with Crippen molar-refractivity contribution in [2.45, 2.75) is 13.8 Å². The zero-order valence-electron chi connectivity index (χ0n) is 10.4. The Kier molecular flexibility index (Phi) is 4.22. The number of ether oxygens (including phenoxy) is 2. The van der Waals surface area contributed by atoms with Crippen molar-refractivity contribution in [3.8, 4) is 11.5 Å². The van der Waals surface area contributed by atoms with Crippen LogP contribution in [-0.4, -0.2) is 28.4 Å². The SMILES string of the molecule is CCS(=O)(=O)Nc1ccc(OC)c(C)c1OC. The third kappa shape index (κ3) is 3.03. The van der Waals surface area contributed by atoms with E-state index in [4.69, 9.17) is 9.47 Å². The molecular formula is C11H17NO4S. The average Bonchev–Trinajstić information content (AvgIpc) is 2.29. The van der Waals surface area contributed by atoms with E-state index in [2.05, 4.69) is 4.72 Å². The van der Waals surface area contributed by atoms with Gasteiger partial charge in [0.2, 0.25) is 10.0 Å². The molecule has 0 unspecified atom stereocenters. The van der Waals surface area contributed by atoms with Crippen LogP contribution in [0.4, 0.5) is 5.69 Å². The molecule has 5 nitrogen and oxygen atoms in total. The lowest BCUT2D eigenvalue weighted by Gasteiger charge is -2.15. The van der Waals surface area contributed by atoms with E-state index in [1.165, 1.54) is 7.11 Å². The number of hydrogen-bond donors (Lipinski definition) is 1. The summed E-state index contributed by atoms with van der Waals surface area (Å²) in [5.41, 5.74) is 1.18. The van der Waals surface area contributed by atoms with Crippen molar-refractivity contribution in [3.05, 3.63) is 17.7 Å². The summed E-state index contributed by atoms with van der Waals surface area (Å²) >= 11 is 0. The number of rotatable bonds is 5. The summed E-state index contributed by atoms with van der Waals surface area (Å²) in [4.78, 5) is 0. The van der Waals surface area contributed by atoms with Gasteiger partial charge in [-0.3, -0.25) is 4.72 Å². The van der Waals surface area contributed by atoms with Gasteiger partial charge in [-0.2, -0.15) is 0 Å². The molecular weight excluding hydrogens is 242 g/mol. The van der Waals surface area contributed by atoms with E-state index in [1.807, 2.05) is 0 Å². The topological polar surface area (TPSA) is 64.6 Å². The summed E-state index contributed by atoms with van der Waals surface area (Å²) in [6.45, 7) is 3.38. The van der Waals surface area contributed by atoms with E-state index in [0.717, 1.165) is 5.56 Å². The molecule has 0 saturated heterocycles. The number of methoxy groups -OCH3 is 2. The molecule has 0 bridgehead atoms. The number of sulfonamides is 1. The van der Waals surface area contributed by atoms with E-state index in [9.17, 15) is 8.42 Å². The predicted molar refractivity (Wildman–Crippen MR) is 67.4 cm³/mol. The second-order valence-corrected chi connectivity index (χ2v) is 5.49. The highest BCUT2D eigenvalue weighted by Gasteiger charge is 2.15. The smallest absolute Gasteiger partial charge is 0.232 e. The molecule has 0 fully saturated rings. The average molecular weight is 259 g/mol. The molecule has 1 aromatic rings. The second kappa shape index (κ2) is 5.27. The molecule has 1 N–H and O–H groups in total. The minimum Gasteiger partial charge on any atom is -0.496 e. The molecule has 0 saturated carbocycles. The van der Waals surface area contributed by atoms with Crippen LogP contribution in [0.1, 0.15) is 12.5 Å². The molecule has 0 heterocycles. The van der Waals surface area contributed by atoms with Crippen molar-refractivity contribution in [1.82, 2.24) is 0 Å². The maximum Gasteiger partial charge on any atom is 0.232 e. The van der Waals surface area contributed by atoms with Crippen LogP contribution in [0.5, 0.6) is 11.5 Å². The fraction of sp³-hybridized carbons (Fsp3) is 0.455. The van der Waals surface area contributed by atoms with Crippen molar-refractivity contribution in [2.24, 2.45) is 0 Å². The van der Waals surface area contributed by atoms with E-state index >= 15 is 0 Å². The highest BCUT2D eigenvalue weighted by atomic mass is 32.2. The van der Waals surface area contributed by atoms with Crippen LogP contribution in [0.25, 0.3) is 0 Å². The molecule has 96 valence electrons. The molecule has 0 aromatic heterocycles. The molecule has 0 aliphatic carbocycles. The van der Waals surface area contributed by atoms with Crippen LogP contribution < -0.4 is 14.2 Å². The summed E-state index contributed by atoms with van der Waals surface area (Å²) in [5, 5.41) is 0. The molecule has 1 rings (SSSR count). The molecule has 0 aliphatic heterocycles. The van der Waals surface area contributed by atoms with Crippen LogP contribution in [0, 0.1) is 6.92 Å². The number of anilines is 1. The van der Waals surface area contributed by atoms with Gasteiger partial charge in [0, 0.05) is 5.56 Å². The first-order valence-electron chi connectivity index (χ1n) is 5.17. The van der Waals surface area contributed by atoms with Gasteiger partial charge >= 0.3 is 0 Å². The summed E-state index contributed by atoms with van der Waals surface area (Å²) < 4.78 is 35.8. The maximum absolute atomic E-state index is 11.5. The lowest BCUT2D eigenvalue weighted by Crippen LogP contribution is -2.15. The Morgan fingerprint density at radius 2 is 1.88 bits per heavy atom. The van der Waals surface area contributed by atoms with E-state index in [-0.39, 0.29) is 5.75 Å². The molecule has 6 heteroatoms. The number of nitrogens with one attached hydrogen (secondary N) is 1. The van der Waals surface area contributed by atoms with Crippen molar-refractivity contribution in [1.29, 1.82) is 0 Å². The highest BCUT2D eigenvalue weighted by molar-refractivity contribution is 7.92. The summed E-state index contributed by atoms with van der Waals surface area (Å²) in [6.07, 6.45) is 0. The fourth-order valence-electron chi connectivity index (χ4n) is 1.48. The third-order valence-electron chi connectivity index (χ3n) is 2.43. The van der Waals surface area contributed by atoms with Gasteiger partial charge in [-0.1, -0.05) is 0 Å². The Labute approximate surface area is 102 Å². The first-order chi connectivity index (χ1) is 7.95. The zero-order valence-corrected chi connectivity index (χ0v) is 11.2. The second-order valence-electron chi connectivity index (χ2n) is 3.48. The Morgan fingerprint density at radius 1 is 1.24 bits per heavy atom. The zero-order chi connectivity index (χ0) is 13.1. The number of hydrogen-bond acceptors (Lipinski definition) is 4. The van der Waals surface area contributed by atoms with E-state index < -0.39 is 10.0 Å². The van der Waals surface area contributed by atoms with Crippen molar-refractivity contribution in [2.75, 3.05) is 24.7 Å². The molecule has 0 amide bonds. The van der Waals surface area contributed by atoms with Crippen LogP contribution in [-0.2, 0) is 10.0 Å². The van der Waals surface area contributed by atoms with E-state index in [0.29, 0.717) is 17.2 Å². The molecule has 0 atom stereocenters. The fourth-order valence-corrected chi connectivity index (χ4v) is 2.12. The lowest BCUT2D eigenvalue weighted by molar-refractivity contribution is 0.390. The van der Waals surface area contributed by atoms with Gasteiger partial charge in [0.15, 0.2) is 0 Å². The Morgan fingerprint density at radius 3 is 2.35 bits per heavy atom. The molecule has 0 aliphatic rings. The standard InChI is InChI=1S/C11H17NO4S/c1-5-17(13,14)12-9-6-7-10(15-3)8(2)11(9)16-4/h6-7,12H,5H2,1-4H3. The van der Waals surface area contributed by atoms with Gasteiger partial charge in [0.25, 0.3) is 0 Å². The molecule has 17 heavy (non-hydrogen) atoms. The minimum atomic E-state index is -3.31. The van der Waals surface area contributed by atoms with Crippen molar-refractivity contribution >= 4 is 15.7 Å². The summed E-state index contributed by atoms with van der Waals surface area (Å²) in [7, 11) is -0.267. The van der Waals surface area contributed by atoms with Crippen LogP contribution in [0.3, 0.4) is 0 Å². The van der Waals surface area contributed by atoms with E-state index in [1.54, 1.807) is 33.1 Å². The quantitative estimate of drug-likeness (QED) is 0.875. The van der Waals surface area contributed by atoms with Gasteiger partial charge < -0.3 is 9.47 Å². The lowest BCUT2D eigenvalue weighted by atomic mass is 10.2. The van der Waals surface area contributed by atoms with Crippen molar-refractivity contribution < 1.29 is 17.9 Å². The molecule has 0 radical (unpaired) electrons. The van der Waals surface area contributed by atoms with Gasteiger partial charge in [-0.05, 0) is 26.0 Å². The predicted octanol–water partition coefficient (Wildman–Crippen LogP) is 1.77. The Hall–Kier alpha value is -1.43. The van der Waals surface area contributed by atoms with Gasteiger partial charge in [0.05, 0.1) is 25.7 Å². The van der Waals surface area contributed by atoms with Gasteiger partial charge in [-0.25, -0.2) is 8.42 Å². The largest absolute Gasteiger partial charge is 0.496 e. The molecule has 0 spiro atoms. The van der Waals surface area contributed by atoms with Gasteiger partial charge in [-0.15, -0.1) is 0 Å². The van der Waals surface area contributed by atoms with Crippen LogP contribution in [0.2, 0.25) is 0 Å². The summed E-state index contributed by atoms with van der Waals surface area (Å²) in [5.74, 6) is 1.14. The normalized spacial score (nSPS) is 11.1. The monoisotopic (exact) mass is 259 g/mol. The first-order valence-corrected chi connectivity index (χ1v) is 6.82. The van der Waals surface area contributed by atoms with Crippen LogP contribution in [0.15, 0.2) is 12.1 Å². The first kappa shape index (κ1) is 13.6.